The number of halogens is 5. The molecule has 0 radical (unpaired) electrons. The van der Waals surface area contributed by atoms with E-state index in [1.807, 2.05) is 25.8 Å². The Morgan fingerprint density at radius 2 is 1.57 bits per heavy atom. The third-order valence-electron chi connectivity index (χ3n) is 8.97. The van der Waals surface area contributed by atoms with Crippen LogP contribution in [0.25, 0.3) is 11.1 Å². The molecule has 3 N–H and O–H groups in total. The molecular weight excluding hydrogens is 609 g/mol. The average molecular weight is 646 g/mol. The van der Waals surface area contributed by atoms with E-state index in [0.29, 0.717) is 25.4 Å². The maximum Gasteiger partial charge on any atom is 0.417 e. The first-order chi connectivity index (χ1) is 21.7. The van der Waals surface area contributed by atoms with E-state index in [4.69, 9.17) is 0 Å². The van der Waals surface area contributed by atoms with Crippen LogP contribution in [0.2, 0.25) is 0 Å². The number of pyridine rings is 1. The molecule has 8 nitrogen and oxygen atoms in total. The van der Waals surface area contributed by atoms with Gasteiger partial charge in [0.15, 0.2) is 0 Å². The standard InChI is InChI=1S/C33H36F5N5O3/c1-18-16-43(17-19(2)42(18)3)29-14-27(35)23(12-28(29)41-32(46)24-15-39-30(44)13-25(24)33(36,37)38)20-9-10-22(26(34)11-20)31(45)40-21-7-5-4-6-8-21/h9-15,18-19,21H,4-8,16-17H2,1-3H3,(H,39,44)(H,40,45)(H,41,46). The molecule has 2 aliphatic rings. The highest BCUT2D eigenvalue weighted by Crippen LogP contribution is 2.38. The summed E-state index contributed by atoms with van der Waals surface area (Å²) in [6, 6.07) is 6.35. The fraction of sp³-hybridized carbons (Fsp3) is 0.424. The van der Waals surface area contributed by atoms with Gasteiger partial charge < -0.3 is 20.5 Å². The summed E-state index contributed by atoms with van der Waals surface area (Å²) in [6.45, 7) is 4.79. The molecule has 1 saturated heterocycles. The summed E-state index contributed by atoms with van der Waals surface area (Å²) in [5.41, 5.74) is -3.35. The lowest BCUT2D eigenvalue weighted by Gasteiger charge is -2.44. The van der Waals surface area contributed by atoms with Crippen molar-refractivity contribution in [3.8, 4) is 11.1 Å². The molecule has 3 aromatic rings. The smallest absolute Gasteiger partial charge is 0.367 e. The van der Waals surface area contributed by atoms with E-state index in [-0.39, 0.29) is 46.2 Å². The second-order valence-electron chi connectivity index (χ2n) is 12.2. The number of aromatic nitrogens is 1. The van der Waals surface area contributed by atoms with Gasteiger partial charge in [-0.05, 0) is 63.6 Å². The van der Waals surface area contributed by atoms with Gasteiger partial charge in [0.2, 0.25) is 5.56 Å². The van der Waals surface area contributed by atoms with Crippen LogP contribution in [0, 0.1) is 11.6 Å². The monoisotopic (exact) mass is 645 g/mol. The highest BCUT2D eigenvalue weighted by molar-refractivity contribution is 6.07. The van der Waals surface area contributed by atoms with E-state index in [9.17, 15) is 27.6 Å². The van der Waals surface area contributed by atoms with E-state index in [2.05, 4.69) is 20.5 Å². The van der Waals surface area contributed by atoms with Crippen LogP contribution >= 0.6 is 0 Å². The summed E-state index contributed by atoms with van der Waals surface area (Å²) in [6.07, 6.45) is 0.346. The Balaban J connectivity index is 1.53. The summed E-state index contributed by atoms with van der Waals surface area (Å²) in [7, 11) is 1.95. The van der Waals surface area contributed by atoms with Gasteiger partial charge in [-0.1, -0.05) is 25.3 Å². The molecule has 0 spiro atoms. The number of alkyl halides is 3. The quantitative estimate of drug-likeness (QED) is 0.278. The van der Waals surface area contributed by atoms with Crippen molar-refractivity contribution in [3.63, 3.8) is 0 Å². The number of anilines is 2. The number of piperazine rings is 1. The molecule has 1 aromatic heterocycles. The van der Waals surface area contributed by atoms with Gasteiger partial charge in [-0.3, -0.25) is 19.3 Å². The summed E-state index contributed by atoms with van der Waals surface area (Å²) in [4.78, 5) is 43.8. The number of hydrogen-bond donors (Lipinski definition) is 3. The Hall–Kier alpha value is -4.26. The van der Waals surface area contributed by atoms with Crippen LogP contribution in [0.5, 0.6) is 0 Å². The summed E-state index contributed by atoms with van der Waals surface area (Å²) < 4.78 is 72.4. The average Bonchev–Trinajstić information content (AvgIpc) is 3.00. The van der Waals surface area contributed by atoms with Gasteiger partial charge in [0, 0.05) is 49.0 Å². The number of hydrogen-bond acceptors (Lipinski definition) is 5. The van der Waals surface area contributed by atoms with Crippen molar-refractivity contribution in [2.24, 2.45) is 0 Å². The molecule has 1 aliphatic heterocycles. The minimum atomic E-state index is -5.00. The van der Waals surface area contributed by atoms with Gasteiger partial charge in [0.1, 0.15) is 11.6 Å². The third kappa shape index (κ3) is 7.09. The Bertz CT molecular complexity index is 1670. The number of carbonyl (C=O) groups is 2. The number of H-pyrrole nitrogens is 1. The molecule has 2 heterocycles. The second-order valence-corrected chi connectivity index (χ2v) is 12.2. The van der Waals surface area contributed by atoms with Crippen molar-refractivity contribution in [1.29, 1.82) is 0 Å². The van der Waals surface area contributed by atoms with Crippen LogP contribution in [-0.2, 0) is 6.18 Å². The molecule has 13 heteroatoms. The van der Waals surface area contributed by atoms with Crippen molar-refractivity contribution in [2.45, 2.75) is 70.3 Å². The maximum atomic E-state index is 15.8. The second kappa shape index (κ2) is 13.2. The molecule has 246 valence electrons. The Morgan fingerprint density at radius 1 is 0.891 bits per heavy atom. The van der Waals surface area contributed by atoms with Crippen LogP contribution in [0.15, 0.2) is 47.4 Å². The van der Waals surface area contributed by atoms with Crippen LogP contribution in [-0.4, -0.2) is 60.0 Å². The molecule has 1 saturated carbocycles. The largest absolute Gasteiger partial charge is 0.417 e. The van der Waals surface area contributed by atoms with E-state index in [1.54, 1.807) is 0 Å². The maximum absolute atomic E-state index is 15.8. The summed E-state index contributed by atoms with van der Waals surface area (Å²) >= 11 is 0. The summed E-state index contributed by atoms with van der Waals surface area (Å²) in [5, 5.41) is 5.34. The Morgan fingerprint density at radius 3 is 2.20 bits per heavy atom. The van der Waals surface area contributed by atoms with Crippen molar-refractivity contribution >= 4 is 23.2 Å². The zero-order valence-electron chi connectivity index (χ0n) is 25.7. The fourth-order valence-electron chi connectivity index (χ4n) is 6.21. The van der Waals surface area contributed by atoms with E-state index >= 15 is 8.78 Å². The first-order valence-electron chi connectivity index (χ1n) is 15.3. The van der Waals surface area contributed by atoms with E-state index < -0.39 is 46.3 Å². The van der Waals surface area contributed by atoms with E-state index in [0.717, 1.165) is 44.2 Å². The van der Waals surface area contributed by atoms with Crippen LogP contribution < -0.4 is 21.1 Å². The predicted octanol–water partition coefficient (Wildman–Crippen LogP) is 6.18. The zero-order chi connectivity index (χ0) is 33.3. The van der Waals surface area contributed by atoms with Gasteiger partial charge in [-0.25, -0.2) is 8.78 Å². The lowest BCUT2D eigenvalue weighted by atomic mass is 9.95. The van der Waals surface area contributed by atoms with Crippen LogP contribution in [0.3, 0.4) is 0 Å². The molecule has 2 fully saturated rings. The minimum absolute atomic E-state index is 0.01000. The van der Waals surface area contributed by atoms with E-state index in [1.165, 1.54) is 18.2 Å². The first kappa shape index (κ1) is 33.1. The van der Waals surface area contributed by atoms with Gasteiger partial charge in [-0.15, -0.1) is 0 Å². The molecule has 46 heavy (non-hydrogen) atoms. The van der Waals surface area contributed by atoms with Crippen LogP contribution in [0.4, 0.5) is 33.3 Å². The third-order valence-corrected chi connectivity index (χ3v) is 8.97. The first-order valence-corrected chi connectivity index (χ1v) is 15.3. The van der Waals surface area contributed by atoms with Crippen molar-refractivity contribution in [1.82, 2.24) is 15.2 Å². The molecule has 2 amide bonds. The molecule has 1 aliphatic carbocycles. The molecule has 2 aromatic carbocycles. The van der Waals surface area contributed by atoms with Gasteiger partial charge in [0.05, 0.1) is 28.1 Å². The number of carbonyl (C=O) groups excluding carboxylic acids is 2. The highest BCUT2D eigenvalue weighted by Gasteiger charge is 2.36. The molecule has 2 atom stereocenters. The molecule has 0 bridgehead atoms. The number of likely N-dealkylation sites (N-methyl/N-ethyl adjacent to an activating group) is 1. The van der Waals surface area contributed by atoms with Gasteiger partial charge in [-0.2, -0.15) is 13.2 Å². The predicted molar refractivity (Wildman–Crippen MR) is 165 cm³/mol. The lowest BCUT2D eigenvalue weighted by Crippen LogP contribution is -2.55. The number of amides is 2. The molecule has 5 rings (SSSR count). The van der Waals surface area contributed by atoms with Gasteiger partial charge >= 0.3 is 6.18 Å². The normalized spacial score (nSPS) is 19.6. The molecule has 2 unspecified atom stereocenters. The van der Waals surface area contributed by atoms with Crippen molar-refractivity contribution < 1.29 is 31.5 Å². The number of benzene rings is 2. The lowest BCUT2D eigenvalue weighted by molar-refractivity contribution is -0.138. The minimum Gasteiger partial charge on any atom is -0.367 e. The molecular formula is C33H36F5N5O3. The number of nitrogens with one attached hydrogen (secondary N) is 3. The zero-order valence-corrected chi connectivity index (χ0v) is 25.7. The van der Waals surface area contributed by atoms with Crippen molar-refractivity contribution in [2.75, 3.05) is 30.4 Å². The number of aromatic amines is 1. The SMILES string of the molecule is CC1CN(c2cc(F)c(-c3ccc(C(=O)NC4CCCCC4)c(F)c3)cc2NC(=O)c2c[nH]c(=O)cc2C(F)(F)F)CC(C)N1C. The highest BCUT2D eigenvalue weighted by atomic mass is 19.4. The Labute approximate surface area is 263 Å². The topological polar surface area (TPSA) is 97.5 Å². The number of nitrogens with zero attached hydrogens (tertiary/aromatic N) is 2. The number of rotatable bonds is 6. The Kier molecular flexibility index (Phi) is 9.52. The van der Waals surface area contributed by atoms with Crippen LogP contribution in [0.1, 0.15) is 72.2 Å². The van der Waals surface area contributed by atoms with Gasteiger partial charge in [0.25, 0.3) is 11.8 Å². The summed E-state index contributed by atoms with van der Waals surface area (Å²) in [5.74, 6) is -3.38. The fourth-order valence-corrected chi connectivity index (χ4v) is 6.21. The van der Waals surface area contributed by atoms with Crippen molar-refractivity contribution in [3.05, 3.63) is 81.3 Å².